The maximum atomic E-state index is 11.3. The van der Waals surface area contributed by atoms with Crippen molar-refractivity contribution in [1.82, 2.24) is 0 Å². The summed E-state index contributed by atoms with van der Waals surface area (Å²) in [6.07, 6.45) is 2.28. The van der Waals surface area contributed by atoms with E-state index in [1.807, 2.05) is 0 Å². The second-order valence-electron chi connectivity index (χ2n) is 3.07. The maximum absolute atomic E-state index is 11.3. The van der Waals surface area contributed by atoms with Crippen molar-refractivity contribution in [2.45, 2.75) is 20.8 Å². The van der Waals surface area contributed by atoms with E-state index in [1.165, 1.54) is 13.8 Å². The maximum Gasteiger partial charge on any atom is 0.319 e. The second-order valence-corrected chi connectivity index (χ2v) is 3.07. The van der Waals surface area contributed by atoms with Crippen molar-refractivity contribution in [1.29, 1.82) is 0 Å². The SMILES string of the molecule is CCOC(=O)C(C)(C)C(=O)C=CN. The average Bonchev–Trinajstić information content (AvgIpc) is 2.05. The van der Waals surface area contributed by atoms with Crippen LogP contribution in [0.2, 0.25) is 0 Å². The van der Waals surface area contributed by atoms with E-state index in [-0.39, 0.29) is 12.4 Å². The Labute approximate surface area is 77.7 Å². The summed E-state index contributed by atoms with van der Waals surface area (Å²) in [7, 11) is 0. The Morgan fingerprint density at radius 3 is 2.38 bits per heavy atom. The van der Waals surface area contributed by atoms with E-state index in [0.717, 1.165) is 12.3 Å². The number of hydrogen-bond acceptors (Lipinski definition) is 4. The Kier molecular flexibility index (Phi) is 4.17. The molecule has 0 atom stereocenters. The first kappa shape index (κ1) is 11.7. The van der Waals surface area contributed by atoms with Gasteiger partial charge in [0.15, 0.2) is 5.78 Å². The largest absolute Gasteiger partial charge is 0.465 e. The summed E-state index contributed by atoms with van der Waals surface area (Å²) in [5.41, 5.74) is 3.90. The molecule has 4 heteroatoms. The standard InChI is InChI=1S/C9H15NO3/c1-4-13-8(12)9(2,3)7(11)5-6-10/h5-6H,4,10H2,1-3H3. The third kappa shape index (κ3) is 2.89. The van der Waals surface area contributed by atoms with Gasteiger partial charge in [-0.05, 0) is 33.0 Å². The van der Waals surface area contributed by atoms with Crippen molar-refractivity contribution < 1.29 is 14.3 Å². The van der Waals surface area contributed by atoms with Crippen LogP contribution in [0.15, 0.2) is 12.3 Å². The molecule has 0 aliphatic rings. The highest BCUT2D eigenvalue weighted by molar-refractivity contribution is 6.08. The molecule has 0 aliphatic heterocycles. The molecule has 0 bridgehead atoms. The van der Waals surface area contributed by atoms with Gasteiger partial charge in [0.25, 0.3) is 0 Å². The Balaban J connectivity index is 4.54. The first-order valence-corrected chi connectivity index (χ1v) is 4.06. The van der Waals surface area contributed by atoms with Gasteiger partial charge in [-0.2, -0.15) is 0 Å². The zero-order valence-corrected chi connectivity index (χ0v) is 8.16. The number of ether oxygens (including phenoxy) is 1. The topological polar surface area (TPSA) is 69.4 Å². The highest BCUT2D eigenvalue weighted by Crippen LogP contribution is 2.19. The van der Waals surface area contributed by atoms with Gasteiger partial charge in [-0.1, -0.05) is 0 Å². The van der Waals surface area contributed by atoms with Crippen LogP contribution in [0.25, 0.3) is 0 Å². The predicted molar refractivity (Wildman–Crippen MR) is 48.7 cm³/mol. The molecule has 0 aromatic heterocycles. The highest BCUT2D eigenvalue weighted by atomic mass is 16.5. The van der Waals surface area contributed by atoms with Crippen LogP contribution in [0.1, 0.15) is 20.8 Å². The number of carbonyl (C=O) groups is 2. The molecule has 2 N–H and O–H groups in total. The van der Waals surface area contributed by atoms with E-state index < -0.39 is 11.4 Å². The second kappa shape index (κ2) is 4.64. The molecular formula is C9H15NO3. The van der Waals surface area contributed by atoms with Gasteiger partial charge in [-0.25, -0.2) is 0 Å². The van der Waals surface area contributed by atoms with Crippen LogP contribution in [0.4, 0.5) is 0 Å². The summed E-state index contributed by atoms with van der Waals surface area (Å²) in [5.74, 6) is -0.883. The Morgan fingerprint density at radius 2 is 2.00 bits per heavy atom. The zero-order valence-electron chi connectivity index (χ0n) is 8.16. The molecule has 0 aromatic carbocycles. The average molecular weight is 185 g/mol. The highest BCUT2D eigenvalue weighted by Gasteiger charge is 2.35. The molecule has 0 aromatic rings. The summed E-state index contributed by atoms with van der Waals surface area (Å²) in [4.78, 5) is 22.6. The van der Waals surface area contributed by atoms with Crippen LogP contribution in [0, 0.1) is 5.41 Å². The first-order valence-electron chi connectivity index (χ1n) is 4.06. The van der Waals surface area contributed by atoms with Crippen LogP contribution in [-0.2, 0) is 14.3 Å². The molecule has 13 heavy (non-hydrogen) atoms. The van der Waals surface area contributed by atoms with E-state index in [2.05, 4.69) is 0 Å². The quantitative estimate of drug-likeness (QED) is 0.396. The van der Waals surface area contributed by atoms with E-state index >= 15 is 0 Å². The van der Waals surface area contributed by atoms with Crippen LogP contribution in [0.5, 0.6) is 0 Å². The minimum atomic E-state index is -1.15. The van der Waals surface area contributed by atoms with Gasteiger partial charge in [0.1, 0.15) is 5.41 Å². The molecule has 0 heterocycles. The normalized spacial score (nSPS) is 11.6. The van der Waals surface area contributed by atoms with E-state index in [0.29, 0.717) is 0 Å². The van der Waals surface area contributed by atoms with Crippen LogP contribution in [0.3, 0.4) is 0 Å². The van der Waals surface area contributed by atoms with Crippen molar-refractivity contribution in [2.75, 3.05) is 6.61 Å². The molecule has 0 saturated carbocycles. The summed E-state index contributed by atoms with van der Waals surface area (Å²) >= 11 is 0. The molecule has 0 saturated heterocycles. The van der Waals surface area contributed by atoms with Crippen LogP contribution < -0.4 is 5.73 Å². The number of rotatable bonds is 4. The lowest BCUT2D eigenvalue weighted by Gasteiger charge is -2.18. The van der Waals surface area contributed by atoms with Crippen LogP contribution >= 0.6 is 0 Å². The zero-order chi connectivity index (χ0) is 10.5. The van der Waals surface area contributed by atoms with Gasteiger partial charge in [0, 0.05) is 0 Å². The lowest BCUT2D eigenvalue weighted by atomic mass is 9.88. The lowest BCUT2D eigenvalue weighted by molar-refractivity contribution is -0.156. The summed E-state index contributed by atoms with van der Waals surface area (Å²) in [6, 6.07) is 0. The lowest BCUT2D eigenvalue weighted by Crippen LogP contribution is -2.34. The summed E-state index contributed by atoms with van der Waals surface area (Å²) in [6.45, 7) is 4.97. The summed E-state index contributed by atoms with van der Waals surface area (Å²) in [5, 5.41) is 0. The van der Waals surface area contributed by atoms with Crippen molar-refractivity contribution >= 4 is 11.8 Å². The van der Waals surface area contributed by atoms with Gasteiger partial charge in [-0.15, -0.1) is 0 Å². The third-order valence-corrected chi connectivity index (χ3v) is 1.65. The number of ketones is 1. The molecule has 0 radical (unpaired) electrons. The van der Waals surface area contributed by atoms with Crippen molar-refractivity contribution in [3.05, 3.63) is 12.3 Å². The van der Waals surface area contributed by atoms with E-state index in [4.69, 9.17) is 10.5 Å². The fourth-order valence-corrected chi connectivity index (χ4v) is 0.708. The molecule has 4 nitrogen and oxygen atoms in total. The number of esters is 1. The smallest absolute Gasteiger partial charge is 0.319 e. The van der Waals surface area contributed by atoms with Gasteiger partial charge in [0.05, 0.1) is 6.61 Å². The molecular weight excluding hydrogens is 170 g/mol. The van der Waals surface area contributed by atoms with Crippen molar-refractivity contribution in [3.63, 3.8) is 0 Å². The van der Waals surface area contributed by atoms with Crippen molar-refractivity contribution in [2.24, 2.45) is 11.1 Å². The fourth-order valence-electron chi connectivity index (χ4n) is 0.708. The number of nitrogens with two attached hydrogens (primary N) is 1. The van der Waals surface area contributed by atoms with Gasteiger partial charge >= 0.3 is 5.97 Å². The minimum Gasteiger partial charge on any atom is -0.465 e. The van der Waals surface area contributed by atoms with E-state index in [1.54, 1.807) is 6.92 Å². The Hall–Kier alpha value is -1.32. The fraction of sp³-hybridized carbons (Fsp3) is 0.556. The van der Waals surface area contributed by atoms with Gasteiger partial charge in [-0.3, -0.25) is 9.59 Å². The van der Waals surface area contributed by atoms with Crippen LogP contribution in [-0.4, -0.2) is 18.4 Å². The molecule has 0 spiro atoms. The van der Waals surface area contributed by atoms with Gasteiger partial charge < -0.3 is 10.5 Å². The molecule has 74 valence electrons. The van der Waals surface area contributed by atoms with Gasteiger partial charge in [0.2, 0.25) is 0 Å². The third-order valence-electron chi connectivity index (χ3n) is 1.65. The predicted octanol–water partition coefficient (Wildman–Crippen LogP) is 0.617. The Morgan fingerprint density at radius 1 is 1.46 bits per heavy atom. The molecule has 0 rings (SSSR count). The first-order chi connectivity index (χ1) is 5.96. The molecule has 0 unspecified atom stereocenters. The minimum absolute atomic E-state index is 0.266. The number of allylic oxidation sites excluding steroid dienone is 1. The monoisotopic (exact) mass is 185 g/mol. The Bertz CT molecular complexity index is 231. The van der Waals surface area contributed by atoms with E-state index in [9.17, 15) is 9.59 Å². The van der Waals surface area contributed by atoms with Crippen molar-refractivity contribution in [3.8, 4) is 0 Å². The number of hydrogen-bond donors (Lipinski definition) is 1. The molecule has 0 amide bonds. The number of carbonyl (C=O) groups excluding carboxylic acids is 2. The molecule has 0 aliphatic carbocycles. The summed E-state index contributed by atoms with van der Waals surface area (Å²) < 4.78 is 4.74. The molecule has 0 fully saturated rings.